The topological polar surface area (TPSA) is 32.3 Å². The molecule has 0 spiro atoms. The lowest BCUT2D eigenvalue weighted by molar-refractivity contribution is -0.138. The molecular weight excluding hydrogens is 236 g/mol. The first-order chi connectivity index (χ1) is 9.06. The van der Waals surface area contributed by atoms with Crippen LogP contribution >= 0.6 is 0 Å². The Bertz CT molecular complexity index is 308. The smallest absolute Gasteiger partial charge is 0.239 e. The molecule has 1 heterocycles. The largest absolute Gasteiger partial charge is 0.341 e. The summed E-state index contributed by atoms with van der Waals surface area (Å²) in [6, 6.07) is 0.449. The van der Waals surface area contributed by atoms with Crippen LogP contribution in [0.15, 0.2) is 0 Å². The molecule has 1 atom stereocenters. The number of carbonyl (C=O) groups excluding carboxylic acids is 1. The summed E-state index contributed by atoms with van der Waals surface area (Å²) in [5.74, 6) is 0.347. The van der Waals surface area contributed by atoms with Crippen molar-refractivity contribution in [1.82, 2.24) is 10.2 Å². The van der Waals surface area contributed by atoms with Crippen molar-refractivity contribution < 1.29 is 4.79 Å². The molecule has 3 heteroatoms. The maximum atomic E-state index is 12.6. The Labute approximate surface area is 118 Å². The van der Waals surface area contributed by atoms with Gasteiger partial charge in [-0.15, -0.1) is 0 Å². The first-order valence-electron chi connectivity index (χ1n) is 8.11. The predicted octanol–water partition coefficient (Wildman–Crippen LogP) is 2.95. The Morgan fingerprint density at radius 1 is 1.32 bits per heavy atom. The summed E-state index contributed by atoms with van der Waals surface area (Å²) < 4.78 is 0. The van der Waals surface area contributed by atoms with Gasteiger partial charge in [0.25, 0.3) is 0 Å². The molecule has 1 aliphatic carbocycles. The molecule has 110 valence electrons. The average molecular weight is 266 g/mol. The molecule has 2 rings (SSSR count). The Morgan fingerprint density at radius 2 is 2.00 bits per heavy atom. The molecule has 1 unspecified atom stereocenters. The van der Waals surface area contributed by atoms with Crippen molar-refractivity contribution in [2.75, 3.05) is 13.1 Å². The number of likely N-dealkylation sites (tertiary alicyclic amines) is 1. The first-order valence-corrected chi connectivity index (χ1v) is 8.11. The van der Waals surface area contributed by atoms with Crippen LogP contribution in [0.1, 0.15) is 65.7 Å². The van der Waals surface area contributed by atoms with Gasteiger partial charge in [0.05, 0.1) is 6.04 Å². The van der Waals surface area contributed by atoms with Crippen molar-refractivity contribution in [3.05, 3.63) is 0 Å². The maximum absolute atomic E-state index is 12.6. The van der Waals surface area contributed by atoms with E-state index in [1.165, 1.54) is 32.1 Å². The standard InChI is InChI=1S/C16H30N2O/c1-4-16(9-5-6-10-16)12-18-11-7-8-14(15(18)19)17-13(2)3/h13-14,17H,4-12H2,1-3H3. The fourth-order valence-electron chi connectivity index (χ4n) is 3.81. The van der Waals surface area contributed by atoms with Crippen LogP contribution in [0.3, 0.4) is 0 Å². The summed E-state index contributed by atoms with van der Waals surface area (Å²) in [7, 11) is 0. The highest BCUT2D eigenvalue weighted by molar-refractivity contribution is 5.82. The van der Waals surface area contributed by atoms with Crippen LogP contribution in [0.25, 0.3) is 0 Å². The minimum atomic E-state index is 0.0593. The van der Waals surface area contributed by atoms with E-state index in [2.05, 4.69) is 31.0 Å². The molecule has 1 saturated carbocycles. The molecule has 1 N–H and O–H groups in total. The summed E-state index contributed by atoms with van der Waals surface area (Å²) in [6.45, 7) is 8.51. The van der Waals surface area contributed by atoms with E-state index in [1.54, 1.807) is 0 Å². The van der Waals surface area contributed by atoms with Gasteiger partial charge in [-0.05, 0) is 37.5 Å². The number of carbonyl (C=O) groups is 1. The van der Waals surface area contributed by atoms with Crippen LogP contribution in [0, 0.1) is 5.41 Å². The molecular formula is C16H30N2O. The monoisotopic (exact) mass is 266 g/mol. The van der Waals surface area contributed by atoms with E-state index < -0.39 is 0 Å². The number of nitrogens with one attached hydrogen (secondary N) is 1. The second kappa shape index (κ2) is 6.25. The van der Waals surface area contributed by atoms with Crippen LogP contribution in [-0.2, 0) is 4.79 Å². The summed E-state index contributed by atoms with van der Waals surface area (Å²) in [5, 5.41) is 3.43. The molecule has 1 saturated heterocycles. The zero-order chi connectivity index (χ0) is 13.9. The lowest BCUT2D eigenvalue weighted by Gasteiger charge is -2.39. The molecule has 0 aromatic rings. The summed E-state index contributed by atoms with van der Waals surface area (Å²) >= 11 is 0. The summed E-state index contributed by atoms with van der Waals surface area (Å²) in [5.41, 5.74) is 0.426. The van der Waals surface area contributed by atoms with Gasteiger partial charge in [0.1, 0.15) is 0 Å². The van der Waals surface area contributed by atoms with Gasteiger partial charge in [-0.25, -0.2) is 0 Å². The quantitative estimate of drug-likeness (QED) is 0.830. The van der Waals surface area contributed by atoms with Gasteiger partial charge in [0, 0.05) is 19.1 Å². The Balaban J connectivity index is 1.97. The van der Waals surface area contributed by atoms with E-state index in [9.17, 15) is 4.79 Å². The van der Waals surface area contributed by atoms with Crippen molar-refractivity contribution in [2.45, 2.75) is 77.8 Å². The zero-order valence-corrected chi connectivity index (χ0v) is 12.9. The highest BCUT2D eigenvalue weighted by Gasteiger charge is 2.37. The normalized spacial score (nSPS) is 27.3. The number of rotatable bonds is 5. The number of piperidine rings is 1. The molecule has 0 aromatic heterocycles. The third kappa shape index (κ3) is 3.50. The molecule has 0 aromatic carbocycles. The molecule has 0 radical (unpaired) electrons. The van der Waals surface area contributed by atoms with Crippen molar-refractivity contribution in [2.24, 2.45) is 5.41 Å². The maximum Gasteiger partial charge on any atom is 0.239 e. The molecule has 1 amide bonds. The second-order valence-electron chi connectivity index (χ2n) is 6.84. The van der Waals surface area contributed by atoms with E-state index in [4.69, 9.17) is 0 Å². The fourth-order valence-corrected chi connectivity index (χ4v) is 3.81. The fraction of sp³-hybridized carbons (Fsp3) is 0.938. The second-order valence-corrected chi connectivity index (χ2v) is 6.84. The molecule has 2 aliphatic rings. The Morgan fingerprint density at radius 3 is 2.58 bits per heavy atom. The lowest BCUT2D eigenvalue weighted by atomic mass is 9.82. The van der Waals surface area contributed by atoms with E-state index >= 15 is 0 Å². The van der Waals surface area contributed by atoms with Crippen molar-refractivity contribution in [3.63, 3.8) is 0 Å². The van der Waals surface area contributed by atoms with Crippen LogP contribution in [0.4, 0.5) is 0 Å². The third-order valence-electron chi connectivity index (χ3n) is 5.01. The van der Waals surface area contributed by atoms with Gasteiger partial charge in [0.2, 0.25) is 5.91 Å². The summed E-state index contributed by atoms with van der Waals surface area (Å²) in [4.78, 5) is 14.7. The minimum absolute atomic E-state index is 0.0593. The number of hydrogen-bond donors (Lipinski definition) is 1. The van der Waals surface area contributed by atoms with Crippen molar-refractivity contribution >= 4 is 5.91 Å². The van der Waals surface area contributed by atoms with Crippen molar-refractivity contribution in [3.8, 4) is 0 Å². The highest BCUT2D eigenvalue weighted by Crippen LogP contribution is 2.42. The number of amides is 1. The van der Waals surface area contributed by atoms with Crippen molar-refractivity contribution in [1.29, 1.82) is 0 Å². The van der Waals surface area contributed by atoms with Gasteiger partial charge in [0.15, 0.2) is 0 Å². The Hall–Kier alpha value is -0.570. The van der Waals surface area contributed by atoms with Gasteiger partial charge < -0.3 is 10.2 Å². The van der Waals surface area contributed by atoms with Crippen LogP contribution in [-0.4, -0.2) is 36.0 Å². The summed E-state index contributed by atoms with van der Waals surface area (Å²) in [6.07, 6.45) is 8.71. The number of nitrogens with zero attached hydrogens (tertiary/aromatic N) is 1. The SMILES string of the molecule is CCC1(CN2CCCC(NC(C)C)C2=O)CCCC1. The van der Waals surface area contributed by atoms with Gasteiger partial charge >= 0.3 is 0 Å². The van der Waals surface area contributed by atoms with E-state index in [0.717, 1.165) is 25.9 Å². The number of hydrogen-bond acceptors (Lipinski definition) is 2. The third-order valence-corrected chi connectivity index (χ3v) is 5.01. The highest BCUT2D eigenvalue weighted by atomic mass is 16.2. The van der Waals surface area contributed by atoms with Gasteiger partial charge in [-0.2, -0.15) is 0 Å². The van der Waals surface area contributed by atoms with Crippen LogP contribution < -0.4 is 5.32 Å². The van der Waals surface area contributed by atoms with Crippen LogP contribution in [0.5, 0.6) is 0 Å². The van der Waals surface area contributed by atoms with E-state index in [1.807, 2.05) is 0 Å². The molecule has 2 fully saturated rings. The Kier molecular flexibility index (Phi) is 4.88. The lowest BCUT2D eigenvalue weighted by Crippen LogP contribution is -2.54. The zero-order valence-electron chi connectivity index (χ0n) is 12.9. The average Bonchev–Trinajstić information content (AvgIpc) is 2.83. The first kappa shape index (κ1) is 14.8. The van der Waals surface area contributed by atoms with E-state index in [0.29, 0.717) is 17.4 Å². The molecule has 19 heavy (non-hydrogen) atoms. The van der Waals surface area contributed by atoms with E-state index in [-0.39, 0.29) is 6.04 Å². The van der Waals surface area contributed by atoms with Crippen LogP contribution in [0.2, 0.25) is 0 Å². The van der Waals surface area contributed by atoms with Gasteiger partial charge in [-0.1, -0.05) is 33.6 Å². The predicted molar refractivity (Wildman–Crippen MR) is 79.1 cm³/mol. The molecule has 1 aliphatic heterocycles. The minimum Gasteiger partial charge on any atom is -0.341 e. The molecule has 0 bridgehead atoms. The molecule has 3 nitrogen and oxygen atoms in total. The van der Waals surface area contributed by atoms with Gasteiger partial charge in [-0.3, -0.25) is 4.79 Å².